The van der Waals surface area contributed by atoms with Crippen LogP contribution in [0.25, 0.3) is 5.52 Å². The number of aryl methyl sites for hydroxylation is 1. The molecular formula is C22H24Cl2N2. The molecule has 1 aliphatic carbocycles. The molecule has 136 valence electrons. The second kappa shape index (κ2) is 8.02. The average molecular weight is 387 g/mol. The normalized spacial score (nSPS) is 16.1. The summed E-state index contributed by atoms with van der Waals surface area (Å²) in [5.41, 5.74) is 3.55. The molecule has 1 fully saturated rings. The van der Waals surface area contributed by atoms with E-state index in [9.17, 15) is 0 Å². The Morgan fingerprint density at radius 2 is 1.65 bits per heavy atom. The van der Waals surface area contributed by atoms with Crippen molar-refractivity contribution in [2.24, 2.45) is 0 Å². The van der Waals surface area contributed by atoms with Crippen LogP contribution in [0.1, 0.15) is 61.4 Å². The summed E-state index contributed by atoms with van der Waals surface area (Å²) in [4.78, 5) is 4.82. The van der Waals surface area contributed by atoms with Gasteiger partial charge in [-0.2, -0.15) is 0 Å². The first-order valence-electron chi connectivity index (χ1n) is 9.62. The van der Waals surface area contributed by atoms with Gasteiger partial charge in [0.1, 0.15) is 5.82 Å². The highest BCUT2D eigenvalue weighted by Gasteiger charge is 2.19. The van der Waals surface area contributed by atoms with E-state index in [1.807, 2.05) is 24.4 Å². The van der Waals surface area contributed by atoms with Crippen LogP contribution in [0.3, 0.4) is 0 Å². The molecular weight excluding hydrogens is 363 g/mol. The van der Waals surface area contributed by atoms with E-state index in [4.69, 9.17) is 28.2 Å². The molecule has 1 aliphatic rings. The number of rotatable bonds is 4. The minimum atomic E-state index is 0.591. The van der Waals surface area contributed by atoms with Crippen LogP contribution < -0.4 is 0 Å². The van der Waals surface area contributed by atoms with Crippen LogP contribution in [0, 0.1) is 0 Å². The molecule has 2 heterocycles. The number of fused-ring (bicyclic) bond motifs is 1. The molecule has 0 unspecified atom stereocenters. The molecule has 0 atom stereocenters. The first-order valence-corrected chi connectivity index (χ1v) is 10.4. The number of pyridine rings is 1. The predicted octanol–water partition coefficient (Wildman–Crippen LogP) is 6.86. The number of nitrogens with zero attached hydrogens (tertiary/aromatic N) is 2. The maximum absolute atomic E-state index is 6.33. The standard InChI is InChI=1S/C22H24Cl2N2/c23-19-10-5-11-20(24)18(19)13-12-16-9-6-14-26-21(16)15-25-22(26)17-7-3-1-2-4-8-17/h5-6,9-11,14-15,17H,1-4,7-8,12-13H2. The highest BCUT2D eigenvalue weighted by Crippen LogP contribution is 2.32. The van der Waals surface area contributed by atoms with Crippen molar-refractivity contribution >= 4 is 28.7 Å². The third kappa shape index (κ3) is 3.63. The molecule has 2 aromatic heterocycles. The molecule has 4 rings (SSSR count). The van der Waals surface area contributed by atoms with Crippen molar-refractivity contribution in [1.82, 2.24) is 9.38 Å². The molecule has 0 saturated heterocycles. The summed E-state index contributed by atoms with van der Waals surface area (Å²) in [6.45, 7) is 0. The summed E-state index contributed by atoms with van der Waals surface area (Å²) in [6.07, 6.45) is 13.9. The lowest BCUT2D eigenvalue weighted by molar-refractivity contribution is 0.558. The van der Waals surface area contributed by atoms with Crippen LogP contribution >= 0.6 is 23.2 Å². The maximum atomic E-state index is 6.33. The quantitative estimate of drug-likeness (QED) is 0.447. The Kier molecular flexibility index (Phi) is 5.52. The van der Waals surface area contributed by atoms with E-state index in [-0.39, 0.29) is 0 Å². The zero-order valence-corrected chi connectivity index (χ0v) is 16.4. The van der Waals surface area contributed by atoms with Gasteiger partial charge in [0.15, 0.2) is 0 Å². The van der Waals surface area contributed by atoms with Crippen LogP contribution in [0.5, 0.6) is 0 Å². The van der Waals surface area contributed by atoms with E-state index in [0.717, 1.165) is 28.5 Å². The van der Waals surface area contributed by atoms with Gasteiger partial charge in [0.05, 0.1) is 11.7 Å². The minimum absolute atomic E-state index is 0.591. The van der Waals surface area contributed by atoms with Gasteiger partial charge in [-0.15, -0.1) is 0 Å². The van der Waals surface area contributed by atoms with Crippen molar-refractivity contribution in [3.8, 4) is 0 Å². The molecule has 0 spiro atoms. The summed E-state index contributed by atoms with van der Waals surface area (Å²) in [5.74, 6) is 1.83. The zero-order valence-electron chi connectivity index (χ0n) is 14.9. The summed E-state index contributed by atoms with van der Waals surface area (Å²) >= 11 is 12.7. The van der Waals surface area contributed by atoms with Gasteiger partial charge in [-0.3, -0.25) is 0 Å². The molecule has 4 heteroatoms. The van der Waals surface area contributed by atoms with Crippen LogP contribution in [-0.2, 0) is 12.8 Å². The molecule has 2 nitrogen and oxygen atoms in total. The monoisotopic (exact) mass is 386 g/mol. The molecule has 3 aromatic rings. The Hall–Kier alpha value is -1.51. The Morgan fingerprint density at radius 3 is 2.38 bits per heavy atom. The van der Waals surface area contributed by atoms with Gasteiger partial charge < -0.3 is 4.40 Å². The minimum Gasteiger partial charge on any atom is -0.303 e. The highest BCUT2D eigenvalue weighted by molar-refractivity contribution is 6.35. The lowest BCUT2D eigenvalue weighted by atomic mass is 9.99. The molecule has 26 heavy (non-hydrogen) atoms. The van der Waals surface area contributed by atoms with Crippen LogP contribution in [0.2, 0.25) is 10.0 Å². The van der Waals surface area contributed by atoms with Crippen molar-refractivity contribution in [2.75, 3.05) is 0 Å². The maximum Gasteiger partial charge on any atom is 0.116 e. The van der Waals surface area contributed by atoms with E-state index < -0.39 is 0 Å². The van der Waals surface area contributed by atoms with E-state index in [0.29, 0.717) is 5.92 Å². The highest BCUT2D eigenvalue weighted by atomic mass is 35.5. The Balaban J connectivity index is 1.60. The van der Waals surface area contributed by atoms with Crippen LogP contribution in [0.4, 0.5) is 0 Å². The molecule has 0 aliphatic heterocycles. The molecule has 1 aromatic carbocycles. The second-order valence-electron chi connectivity index (χ2n) is 7.29. The van der Waals surface area contributed by atoms with Crippen LogP contribution in [-0.4, -0.2) is 9.38 Å². The number of benzene rings is 1. The van der Waals surface area contributed by atoms with Crippen molar-refractivity contribution in [2.45, 2.75) is 57.3 Å². The lowest BCUT2D eigenvalue weighted by Crippen LogP contribution is -2.04. The number of aromatic nitrogens is 2. The summed E-state index contributed by atoms with van der Waals surface area (Å²) in [6, 6.07) is 10.0. The number of hydrogen-bond acceptors (Lipinski definition) is 1. The third-order valence-corrected chi connectivity index (χ3v) is 6.32. The summed E-state index contributed by atoms with van der Waals surface area (Å²) in [5, 5.41) is 1.49. The van der Waals surface area contributed by atoms with E-state index in [2.05, 4.69) is 22.7 Å². The van der Waals surface area contributed by atoms with Gasteiger partial charge >= 0.3 is 0 Å². The molecule has 0 amide bonds. The van der Waals surface area contributed by atoms with Crippen molar-refractivity contribution in [3.63, 3.8) is 0 Å². The third-order valence-electron chi connectivity index (χ3n) is 5.61. The first kappa shape index (κ1) is 17.9. The van der Waals surface area contributed by atoms with E-state index >= 15 is 0 Å². The van der Waals surface area contributed by atoms with Crippen molar-refractivity contribution < 1.29 is 0 Å². The number of imidazole rings is 1. The fourth-order valence-electron chi connectivity index (χ4n) is 4.18. The Morgan fingerprint density at radius 1 is 0.923 bits per heavy atom. The summed E-state index contributed by atoms with van der Waals surface area (Å²) in [7, 11) is 0. The van der Waals surface area contributed by atoms with Crippen molar-refractivity contribution in [1.29, 1.82) is 0 Å². The lowest BCUT2D eigenvalue weighted by Gasteiger charge is -2.14. The SMILES string of the molecule is Clc1cccc(Cl)c1CCc1cccn2c(C3CCCCCC3)ncc12. The van der Waals surface area contributed by atoms with Gasteiger partial charge in [-0.05, 0) is 55.0 Å². The number of halogens is 2. The average Bonchev–Trinajstić information content (AvgIpc) is 2.89. The molecule has 0 N–H and O–H groups in total. The molecule has 0 radical (unpaired) electrons. The Bertz CT molecular complexity index is 872. The van der Waals surface area contributed by atoms with Crippen molar-refractivity contribution in [3.05, 3.63) is 69.7 Å². The van der Waals surface area contributed by atoms with E-state index in [1.54, 1.807) is 0 Å². The van der Waals surface area contributed by atoms with Gasteiger partial charge in [-0.1, -0.05) is 61.0 Å². The summed E-state index contributed by atoms with van der Waals surface area (Å²) < 4.78 is 2.31. The second-order valence-corrected chi connectivity index (χ2v) is 8.11. The van der Waals surface area contributed by atoms with Gasteiger partial charge in [0.25, 0.3) is 0 Å². The fraction of sp³-hybridized carbons (Fsp3) is 0.409. The number of hydrogen-bond donors (Lipinski definition) is 0. The van der Waals surface area contributed by atoms with Gasteiger partial charge in [0.2, 0.25) is 0 Å². The van der Waals surface area contributed by atoms with Crippen LogP contribution in [0.15, 0.2) is 42.7 Å². The topological polar surface area (TPSA) is 17.3 Å². The fourth-order valence-corrected chi connectivity index (χ4v) is 4.77. The Labute approximate surface area is 165 Å². The first-order chi connectivity index (χ1) is 12.7. The molecule has 1 saturated carbocycles. The largest absolute Gasteiger partial charge is 0.303 e. The smallest absolute Gasteiger partial charge is 0.116 e. The van der Waals surface area contributed by atoms with Gasteiger partial charge in [0, 0.05) is 22.2 Å². The predicted molar refractivity (Wildman–Crippen MR) is 110 cm³/mol. The van der Waals surface area contributed by atoms with E-state index in [1.165, 1.54) is 55.4 Å². The molecule has 0 bridgehead atoms. The van der Waals surface area contributed by atoms with Gasteiger partial charge in [-0.25, -0.2) is 4.98 Å². The zero-order chi connectivity index (χ0) is 17.9.